The summed E-state index contributed by atoms with van der Waals surface area (Å²) in [6.45, 7) is 0. The number of nitrogens with zero attached hydrogens (tertiary/aromatic N) is 2. The summed E-state index contributed by atoms with van der Waals surface area (Å²) in [5, 5.41) is 29.1. The van der Waals surface area contributed by atoms with Crippen LogP contribution < -0.4 is 16.4 Å². The third-order valence-electron chi connectivity index (χ3n) is 4.71. The molecule has 0 fully saturated rings. The summed E-state index contributed by atoms with van der Waals surface area (Å²) in [5.74, 6) is -1.53. The van der Waals surface area contributed by atoms with Crippen molar-refractivity contribution < 1.29 is 19.2 Å². The number of anilines is 2. The van der Waals surface area contributed by atoms with Gasteiger partial charge >= 0.3 is 5.63 Å². The van der Waals surface area contributed by atoms with Crippen molar-refractivity contribution in [3.63, 3.8) is 0 Å². The SMILES string of the molecule is O=C(Nc1ccccc1[N+](=O)[O-])/C(=N\Nc1cccc(Cl)c1)c1c(O)c2ccccc2oc1=O. The Hall–Kier alpha value is -4.70. The molecule has 3 N–H and O–H groups in total. The lowest BCUT2D eigenvalue weighted by Gasteiger charge is -2.11. The molecule has 0 spiro atoms. The van der Waals surface area contributed by atoms with Crippen LogP contribution in [-0.4, -0.2) is 21.6 Å². The fraction of sp³-hybridized carbons (Fsp3) is 0. The number of benzene rings is 3. The first-order chi connectivity index (χ1) is 16.3. The average molecular weight is 479 g/mol. The summed E-state index contributed by atoms with van der Waals surface area (Å²) in [4.78, 5) is 36.6. The number of para-hydroxylation sites is 3. The lowest BCUT2D eigenvalue weighted by molar-refractivity contribution is -0.383. The van der Waals surface area contributed by atoms with Crippen LogP contribution in [0.5, 0.6) is 5.75 Å². The maximum absolute atomic E-state index is 13.2. The predicted molar refractivity (Wildman–Crippen MR) is 127 cm³/mol. The van der Waals surface area contributed by atoms with Crippen LogP contribution in [0.15, 0.2) is 87.1 Å². The third kappa shape index (κ3) is 4.57. The minimum Gasteiger partial charge on any atom is -0.506 e. The zero-order valence-electron chi connectivity index (χ0n) is 17.2. The van der Waals surface area contributed by atoms with Gasteiger partial charge in [0.1, 0.15) is 22.6 Å². The van der Waals surface area contributed by atoms with Gasteiger partial charge in [-0.2, -0.15) is 5.10 Å². The number of nitro benzene ring substituents is 1. The predicted octanol–water partition coefficient (Wildman–Crippen LogP) is 4.52. The molecular formula is C23H15ClN4O6. The Kier molecular flexibility index (Phi) is 6.24. The molecule has 0 saturated heterocycles. The van der Waals surface area contributed by atoms with Gasteiger partial charge in [0.25, 0.3) is 11.6 Å². The molecule has 0 aliphatic heterocycles. The first kappa shape index (κ1) is 22.5. The van der Waals surface area contributed by atoms with Crippen molar-refractivity contribution in [3.8, 4) is 5.75 Å². The smallest absolute Gasteiger partial charge is 0.349 e. The van der Waals surface area contributed by atoms with Gasteiger partial charge < -0.3 is 14.8 Å². The molecule has 1 amide bonds. The number of halogens is 1. The van der Waals surface area contributed by atoms with Gasteiger partial charge in [-0.1, -0.05) is 41.9 Å². The quantitative estimate of drug-likeness (QED) is 0.160. The first-order valence-electron chi connectivity index (χ1n) is 9.74. The number of carbonyl (C=O) groups is 1. The first-order valence-corrected chi connectivity index (χ1v) is 10.1. The van der Waals surface area contributed by atoms with E-state index in [4.69, 9.17) is 16.0 Å². The number of amides is 1. The third-order valence-corrected chi connectivity index (χ3v) is 4.94. The number of rotatable bonds is 6. The van der Waals surface area contributed by atoms with Gasteiger partial charge in [-0.15, -0.1) is 0 Å². The van der Waals surface area contributed by atoms with Crippen molar-refractivity contribution in [2.24, 2.45) is 5.10 Å². The van der Waals surface area contributed by atoms with Crippen molar-refractivity contribution >= 4 is 51.3 Å². The van der Waals surface area contributed by atoms with Gasteiger partial charge in [-0.25, -0.2) is 4.79 Å². The van der Waals surface area contributed by atoms with E-state index in [2.05, 4.69) is 15.8 Å². The number of carbonyl (C=O) groups excluding carboxylic acids is 1. The number of hydrogen-bond donors (Lipinski definition) is 3. The summed E-state index contributed by atoms with van der Waals surface area (Å²) < 4.78 is 5.25. The molecule has 1 aromatic heterocycles. The van der Waals surface area contributed by atoms with E-state index in [1.165, 1.54) is 42.5 Å². The summed E-state index contributed by atoms with van der Waals surface area (Å²) in [7, 11) is 0. The number of fused-ring (bicyclic) bond motifs is 1. The minimum atomic E-state index is -1.03. The number of nitrogens with one attached hydrogen (secondary N) is 2. The van der Waals surface area contributed by atoms with Crippen molar-refractivity contribution in [3.05, 3.63) is 104 Å². The van der Waals surface area contributed by atoms with E-state index in [9.17, 15) is 24.8 Å². The second-order valence-electron chi connectivity index (χ2n) is 6.92. The summed E-state index contributed by atoms with van der Waals surface area (Å²) >= 11 is 5.97. The van der Waals surface area contributed by atoms with Crippen LogP contribution in [0.2, 0.25) is 5.02 Å². The summed E-state index contributed by atoms with van der Waals surface area (Å²) in [6, 6.07) is 18.0. The fourth-order valence-electron chi connectivity index (χ4n) is 3.16. The zero-order chi connectivity index (χ0) is 24.2. The van der Waals surface area contributed by atoms with E-state index >= 15 is 0 Å². The molecule has 0 atom stereocenters. The van der Waals surface area contributed by atoms with E-state index in [1.807, 2.05) is 0 Å². The number of hydrazone groups is 1. The molecule has 0 aliphatic rings. The van der Waals surface area contributed by atoms with Crippen LogP contribution in [0.25, 0.3) is 11.0 Å². The lowest BCUT2D eigenvalue weighted by Crippen LogP contribution is -2.29. The highest BCUT2D eigenvalue weighted by atomic mass is 35.5. The largest absolute Gasteiger partial charge is 0.506 e. The normalized spacial score (nSPS) is 11.3. The highest BCUT2D eigenvalue weighted by Gasteiger charge is 2.27. The number of aromatic hydroxyl groups is 1. The molecule has 0 radical (unpaired) electrons. The van der Waals surface area contributed by atoms with Crippen LogP contribution in [0, 0.1) is 10.1 Å². The van der Waals surface area contributed by atoms with Gasteiger partial charge in [-0.05, 0) is 36.4 Å². The molecule has 170 valence electrons. The molecule has 4 rings (SSSR count). The van der Waals surface area contributed by atoms with Gasteiger partial charge in [0.05, 0.1) is 16.0 Å². The van der Waals surface area contributed by atoms with Gasteiger partial charge in [0, 0.05) is 11.1 Å². The van der Waals surface area contributed by atoms with E-state index in [1.54, 1.807) is 30.3 Å². The molecule has 10 nitrogen and oxygen atoms in total. The number of nitro groups is 1. The van der Waals surface area contributed by atoms with Crippen LogP contribution >= 0.6 is 11.6 Å². The van der Waals surface area contributed by atoms with Crippen LogP contribution in [-0.2, 0) is 4.79 Å². The van der Waals surface area contributed by atoms with E-state index < -0.39 is 33.5 Å². The van der Waals surface area contributed by atoms with Gasteiger partial charge in [-0.3, -0.25) is 20.3 Å². The molecule has 11 heteroatoms. The molecule has 0 unspecified atom stereocenters. The highest BCUT2D eigenvalue weighted by Crippen LogP contribution is 2.28. The highest BCUT2D eigenvalue weighted by molar-refractivity contribution is 6.49. The molecule has 0 aliphatic carbocycles. The molecule has 3 aromatic carbocycles. The Labute approximate surface area is 196 Å². The van der Waals surface area contributed by atoms with E-state index in [0.29, 0.717) is 10.7 Å². The Bertz CT molecular complexity index is 1520. The molecule has 1 heterocycles. The Morgan fingerprint density at radius 1 is 1.06 bits per heavy atom. The standard InChI is InChI=1S/C23H15ClN4O6/c24-13-6-5-7-14(12-13)26-27-20(22(30)25-16-9-2-3-10-17(16)28(32)33)19-21(29)15-8-1-4-11-18(15)34-23(19)31/h1-12,26,29H,(H,25,30)/b27-20-. The summed E-state index contributed by atoms with van der Waals surface area (Å²) in [5.41, 5.74) is 0.491. The monoisotopic (exact) mass is 478 g/mol. The molecule has 34 heavy (non-hydrogen) atoms. The Morgan fingerprint density at radius 3 is 2.56 bits per heavy atom. The molecule has 4 aromatic rings. The number of hydrogen-bond acceptors (Lipinski definition) is 8. The second-order valence-corrected chi connectivity index (χ2v) is 7.36. The minimum absolute atomic E-state index is 0.106. The van der Waals surface area contributed by atoms with E-state index in [-0.39, 0.29) is 22.3 Å². The van der Waals surface area contributed by atoms with Crippen LogP contribution in [0.3, 0.4) is 0 Å². The lowest BCUT2D eigenvalue weighted by atomic mass is 10.1. The Balaban J connectivity index is 1.84. The summed E-state index contributed by atoms with van der Waals surface area (Å²) in [6.07, 6.45) is 0. The Morgan fingerprint density at radius 2 is 1.79 bits per heavy atom. The van der Waals surface area contributed by atoms with Crippen molar-refractivity contribution in [1.82, 2.24) is 0 Å². The maximum Gasteiger partial charge on any atom is 0.349 e. The zero-order valence-corrected chi connectivity index (χ0v) is 17.9. The molecule has 0 bridgehead atoms. The van der Waals surface area contributed by atoms with Gasteiger partial charge in [0.2, 0.25) is 0 Å². The average Bonchev–Trinajstić information content (AvgIpc) is 2.81. The maximum atomic E-state index is 13.2. The second kappa shape index (κ2) is 9.43. The molecule has 0 saturated carbocycles. The van der Waals surface area contributed by atoms with Gasteiger partial charge in [0.15, 0.2) is 5.71 Å². The molecular weight excluding hydrogens is 464 g/mol. The fourth-order valence-corrected chi connectivity index (χ4v) is 3.35. The van der Waals surface area contributed by atoms with Crippen molar-refractivity contribution in [2.45, 2.75) is 0 Å². The topological polar surface area (TPSA) is 147 Å². The van der Waals surface area contributed by atoms with E-state index in [0.717, 1.165) is 0 Å². The van der Waals surface area contributed by atoms with Crippen LogP contribution in [0.1, 0.15) is 5.56 Å². The van der Waals surface area contributed by atoms with Crippen molar-refractivity contribution in [2.75, 3.05) is 10.7 Å². The van der Waals surface area contributed by atoms with Crippen molar-refractivity contribution in [1.29, 1.82) is 0 Å². The van der Waals surface area contributed by atoms with Crippen LogP contribution in [0.4, 0.5) is 17.1 Å².